The molecule has 3 amide bonds. The first-order chi connectivity index (χ1) is 13.8. The van der Waals surface area contributed by atoms with Crippen LogP contribution >= 0.6 is 0 Å². The number of piperidine rings is 1. The fourth-order valence-corrected chi connectivity index (χ4v) is 4.87. The van der Waals surface area contributed by atoms with Crippen molar-refractivity contribution < 1.29 is 22.8 Å². The van der Waals surface area contributed by atoms with E-state index >= 15 is 0 Å². The van der Waals surface area contributed by atoms with Crippen molar-refractivity contribution in [2.24, 2.45) is 0 Å². The highest BCUT2D eigenvalue weighted by molar-refractivity contribution is 7.92. The summed E-state index contributed by atoms with van der Waals surface area (Å²) in [4.78, 5) is 37.6. The van der Waals surface area contributed by atoms with Crippen molar-refractivity contribution in [3.05, 3.63) is 41.6 Å². The van der Waals surface area contributed by atoms with E-state index in [1.807, 2.05) is 0 Å². The minimum Gasteiger partial charge on any atom is -0.322 e. The van der Waals surface area contributed by atoms with Gasteiger partial charge in [-0.3, -0.25) is 29.1 Å². The third kappa shape index (κ3) is 3.37. The van der Waals surface area contributed by atoms with Gasteiger partial charge in [0.15, 0.2) is 5.03 Å². The monoisotopic (exact) mass is 417 g/mol. The number of imide groups is 1. The molecule has 2 aromatic rings. The van der Waals surface area contributed by atoms with Crippen LogP contribution in [-0.2, 0) is 32.7 Å². The largest absolute Gasteiger partial charge is 0.322 e. The number of benzene rings is 1. The molecule has 1 aromatic heterocycles. The molecule has 1 fully saturated rings. The lowest BCUT2D eigenvalue weighted by atomic mass is 10.0. The van der Waals surface area contributed by atoms with Gasteiger partial charge in [0.1, 0.15) is 6.04 Å². The molecule has 0 radical (unpaired) electrons. The molecule has 3 heterocycles. The molecule has 1 saturated heterocycles. The van der Waals surface area contributed by atoms with E-state index in [0.29, 0.717) is 23.4 Å². The molecule has 152 valence electrons. The molecule has 2 aliphatic rings. The Bertz CT molecular complexity index is 1120. The number of hydrogen-bond acceptors (Lipinski definition) is 6. The van der Waals surface area contributed by atoms with Gasteiger partial charge in [-0.15, -0.1) is 0 Å². The van der Waals surface area contributed by atoms with Crippen LogP contribution in [0.3, 0.4) is 0 Å². The number of sulfonamides is 1. The van der Waals surface area contributed by atoms with Gasteiger partial charge in [-0.2, -0.15) is 13.5 Å². The van der Waals surface area contributed by atoms with E-state index in [0.717, 1.165) is 0 Å². The van der Waals surface area contributed by atoms with Gasteiger partial charge >= 0.3 is 0 Å². The van der Waals surface area contributed by atoms with Crippen molar-refractivity contribution in [3.8, 4) is 0 Å². The summed E-state index contributed by atoms with van der Waals surface area (Å²) >= 11 is 0. The van der Waals surface area contributed by atoms with Crippen LogP contribution in [0.5, 0.6) is 0 Å². The minimum atomic E-state index is -3.84. The number of carbonyl (C=O) groups is 3. The topological polar surface area (TPSA) is 130 Å². The van der Waals surface area contributed by atoms with Gasteiger partial charge in [0.2, 0.25) is 11.8 Å². The number of fused-ring (bicyclic) bond motifs is 1. The van der Waals surface area contributed by atoms with Crippen molar-refractivity contribution in [2.45, 2.75) is 43.9 Å². The Morgan fingerprint density at radius 2 is 2.03 bits per heavy atom. The molecule has 11 heteroatoms. The maximum atomic E-state index is 12.7. The lowest BCUT2D eigenvalue weighted by molar-refractivity contribution is -0.136. The van der Waals surface area contributed by atoms with Crippen molar-refractivity contribution in [1.82, 2.24) is 20.0 Å². The highest BCUT2D eigenvalue weighted by Crippen LogP contribution is 2.30. The Kier molecular flexibility index (Phi) is 4.61. The zero-order valence-electron chi connectivity index (χ0n) is 15.6. The smallest absolute Gasteiger partial charge is 0.279 e. The van der Waals surface area contributed by atoms with E-state index in [9.17, 15) is 22.8 Å². The molecule has 0 aliphatic carbocycles. The van der Waals surface area contributed by atoms with Crippen LogP contribution < -0.4 is 10.0 Å². The molecule has 0 saturated carbocycles. The van der Waals surface area contributed by atoms with Crippen LogP contribution in [0.2, 0.25) is 0 Å². The van der Waals surface area contributed by atoms with E-state index in [-0.39, 0.29) is 36.2 Å². The summed E-state index contributed by atoms with van der Waals surface area (Å²) in [6, 6.07) is 5.33. The van der Waals surface area contributed by atoms with Gasteiger partial charge in [0.25, 0.3) is 15.9 Å². The van der Waals surface area contributed by atoms with E-state index in [1.165, 1.54) is 27.9 Å². The molecule has 1 unspecified atom stereocenters. The summed E-state index contributed by atoms with van der Waals surface area (Å²) in [6.45, 7) is 2.36. The van der Waals surface area contributed by atoms with Crippen LogP contribution in [0.1, 0.15) is 35.7 Å². The number of aromatic nitrogens is 2. The maximum absolute atomic E-state index is 12.7. The lowest BCUT2D eigenvalue weighted by Gasteiger charge is -2.29. The summed E-state index contributed by atoms with van der Waals surface area (Å²) in [7, 11) is -3.84. The number of nitrogens with one attached hydrogen (secondary N) is 2. The van der Waals surface area contributed by atoms with Crippen molar-refractivity contribution >= 4 is 33.4 Å². The summed E-state index contributed by atoms with van der Waals surface area (Å²) in [5.74, 6) is -1.15. The zero-order chi connectivity index (χ0) is 20.8. The zero-order valence-corrected chi connectivity index (χ0v) is 16.4. The van der Waals surface area contributed by atoms with Gasteiger partial charge in [-0.1, -0.05) is 0 Å². The number of anilines is 1. The molecule has 4 rings (SSSR count). The Balaban J connectivity index is 1.56. The molecule has 2 aliphatic heterocycles. The second-order valence-corrected chi connectivity index (χ2v) is 8.49. The molecule has 0 spiro atoms. The number of rotatable bonds is 5. The standard InChI is InChI=1S/C18H19N5O5S/c1-2-23-16(7-8-19-23)29(27,28)21-12-3-4-13-11(9-12)10-22(18(13)26)14-5-6-15(24)20-17(14)25/h3-4,7-9,14,21H,2,5-6,10H2,1H3,(H,20,24,25). The molecular weight excluding hydrogens is 398 g/mol. The van der Waals surface area contributed by atoms with E-state index < -0.39 is 22.0 Å². The molecular formula is C18H19N5O5S. The van der Waals surface area contributed by atoms with Gasteiger partial charge < -0.3 is 4.90 Å². The Morgan fingerprint density at radius 3 is 2.76 bits per heavy atom. The average Bonchev–Trinajstić information content (AvgIpc) is 3.27. The molecule has 10 nitrogen and oxygen atoms in total. The fraction of sp³-hybridized carbons (Fsp3) is 0.333. The van der Waals surface area contributed by atoms with Crippen molar-refractivity contribution in [3.63, 3.8) is 0 Å². The van der Waals surface area contributed by atoms with Gasteiger partial charge in [-0.05, 0) is 43.2 Å². The van der Waals surface area contributed by atoms with Crippen LogP contribution in [-0.4, -0.2) is 46.9 Å². The first kappa shape index (κ1) is 19.1. The van der Waals surface area contributed by atoms with Crippen molar-refractivity contribution in [2.75, 3.05) is 4.72 Å². The second-order valence-electron chi connectivity index (χ2n) is 6.86. The first-order valence-electron chi connectivity index (χ1n) is 9.12. The van der Waals surface area contributed by atoms with Gasteiger partial charge in [0.05, 0.1) is 6.20 Å². The van der Waals surface area contributed by atoms with Crippen LogP contribution in [0.25, 0.3) is 0 Å². The summed E-state index contributed by atoms with van der Waals surface area (Å²) in [5, 5.41) is 6.26. The normalized spacial score (nSPS) is 19.3. The predicted octanol–water partition coefficient (Wildman–Crippen LogP) is 0.465. The van der Waals surface area contributed by atoms with E-state index in [1.54, 1.807) is 19.1 Å². The van der Waals surface area contributed by atoms with Crippen molar-refractivity contribution in [1.29, 1.82) is 0 Å². The SMILES string of the molecule is CCn1nccc1S(=O)(=O)Nc1ccc2c(c1)CN(C1CCC(=O)NC1=O)C2=O. The molecule has 2 N–H and O–H groups in total. The van der Waals surface area contributed by atoms with E-state index in [2.05, 4.69) is 15.1 Å². The summed E-state index contributed by atoms with van der Waals surface area (Å²) in [5.41, 5.74) is 1.34. The second kappa shape index (κ2) is 6.99. The Hall–Kier alpha value is -3.21. The number of amides is 3. The predicted molar refractivity (Wildman–Crippen MR) is 101 cm³/mol. The van der Waals surface area contributed by atoms with E-state index in [4.69, 9.17) is 0 Å². The number of carbonyl (C=O) groups excluding carboxylic acids is 3. The van der Waals surface area contributed by atoms with Crippen LogP contribution in [0, 0.1) is 0 Å². The maximum Gasteiger partial charge on any atom is 0.279 e. The summed E-state index contributed by atoms with van der Waals surface area (Å²) in [6.07, 6.45) is 1.86. The van der Waals surface area contributed by atoms with Crippen LogP contribution in [0.15, 0.2) is 35.5 Å². The molecule has 1 aromatic carbocycles. The first-order valence-corrected chi connectivity index (χ1v) is 10.6. The highest BCUT2D eigenvalue weighted by atomic mass is 32.2. The lowest BCUT2D eigenvalue weighted by Crippen LogP contribution is -2.52. The molecule has 1 atom stereocenters. The van der Waals surface area contributed by atoms with Gasteiger partial charge in [0, 0.05) is 30.8 Å². The minimum absolute atomic E-state index is 0.0433. The number of hydrogen-bond donors (Lipinski definition) is 2. The number of aryl methyl sites for hydroxylation is 1. The van der Waals surface area contributed by atoms with Crippen LogP contribution in [0.4, 0.5) is 5.69 Å². The Labute approximate surface area is 166 Å². The fourth-order valence-electron chi connectivity index (χ4n) is 3.63. The quantitative estimate of drug-likeness (QED) is 0.680. The van der Waals surface area contributed by atoms with Gasteiger partial charge in [-0.25, -0.2) is 0 Å². The third-order valence-corrected chi connectivity index (χ3v) is 6.43. The third-order valence-electron chi connectivity index (χ3n) is 5.03. The molecule has 0 bridgehead atoms. The molecule has 29 heavy (non-hydrogen) atoms. The number of nitrogens with zero attached hydrogens (tertiary/aromatic N) is 3. The summed E-state index contributed by atoms with van der Waals surface area (Å²) < 4.78 is 29.2. The average molecular weight is 417 g/mol. The Morgan fingerprint density at radius 1 is 1.24 bits per heavy atom. The highest BCUT2D eigenvalue weighted by Gasteiger charge is 2.39.